The number of carbonyl (C=O) groups excluding carboxylic acids is 1. The minimum Gasteiger partial charge on any atom is -0.494 e. The van der Waals surface area contributed by atoms with Crippen LogP contribution in [-0.4, -0.2) is 22.4 Å². The maximum absolute atomic E-state index is 14.1. The number of fused-ring (bicyclic) bond motifs is 1. The third kappa shape index (κ3) is 4.69. The number of nitrogens with one attached hydrogen (secondary N) is 2. The van der Waals surface area contributed by atoms with E-state index >= 15 is 0 Å². The summed E-state index contributed by atoms with van der Waals surface area (Å²) in [6.07, 6.45) is 1.09. The number of ketones is 1. The minimum absolute atomic E-state index is 0.0377. The molecule has 2 heterocycles. The molecule has 186 valence electrons. The van der Waals surface area contributed by atoms with Gasteiger partial charge in [0.05, 0.1) is 12.2 Å². The van der Waals surface area contributed by atoms with E-state index < -0.39 is 5.92 Å². The molecular formula is C28H28FN3O3S. The zero-order chi connectivity index (χ0) is 25.4. The summed E-state index contributed by atoms with van der Waals surface area (Å²) in [5.74, 6) is 0.714. The molecule has 8 heteroatoms. The Labute approximate surface area is 213 Å². The van der Waals surface area contributed by atoms with E-state index in [1.54, 1.807) is 18.2 Å². The first-order chi connectivity index (χ1) is 17.3. The predicted octanol–water partition coefficient (Wildman–Crippen LogP) is 5.80. The van der Waals surface area contributed by atoms with E-state index in [0.29, 0.717) is 52.9 Å². The molecule has 0 fully saturated rings. The molecule has 0 saturated heterocycles. The summed E-state index contributed by atoms with van der Waals surface area (Å²) in [5.41, 5.74) is 2.71. The van der Waals surface area contributed by atoms with Crippen LogP contribution in [0.15, 0.2) is 69.8 Å². The van der Waals surface area contributed by atoms with Gasteiger partial charge < -0.3 is 15.0 Å². The Morgan fingerprint density at radius 3 is 2.58 bits per heavy atom. The fourth-order valence-corrected chi connectivity index (χ4v) is 5.83. The van der Waals surface area contributed by atoms with Gasteiger partial charge in [-0.2, -0.15) is 0 Å². The molecule has 0 unspecified atom stereocenters. The van der Waals surface area contributed by atoms with Crippen molar-refractivity contribution in [2.75, 3.05) is 11.9 Å². The smallest absolute Gasteiger partial charge is 0.257 e. The number of benzene rings is 2. The number of halogens is 1. The highest BCUT2D eigenvalue weighted by atomic mass is 32.2. The maximum Gasteiger partial charge on any atom is 0.257 e. The summed E-state index contributed by atoms with van der Waals surface area (Å²) in [4.78, 5) is 34.4. The van der Waals surface area contributed by atoms with Gasteiger partial charge in [-0.15, -0.1) is 0 Å². The molecule has 36 heavy (non-hydrogen) atoms. The van der Waals surface area contributed by atoms with Gasteiger partial charge in [-0.3, -0.25) is 9.59 Å². The molecule has 0 bridgehead atoms. The number of nitrogens with zero attached hydrogens (tertiary/aromatic N) is 1. The molecular weight excluding hydrogens is 477 g/mol. The van der Waals surface area contributed by atoms with Gasteiger partial charge in [-0.05, 0) is 48.1 Å². The van der Waals surface area contributed by atoms with Crippen molar-refractivity contribution in [1.82, 2.24) is 9.97 Å². The highest BCUT2D eigenvalue weighted by molar-refractivity contribution is 7.98. The molecule has 1 aromatic heterocycles. The molecule has 2 aliphatic rings. The second-order valence-electron chi connectivity index (χ2n) is 9.91. The Kier molecular flexibility index (Phi) is 6.47. The number of rotatable bonds is 6. The zero-order valence-electron chi connectivity index (χ0n) is 20.5. The molecule has 0 saturated carbocycles. The topological polar surface area (TPSA) is 84.1 Å². The number of anilines is 1. The molecule has 0 amide bonds. The number of Topliss-reactive ketones (excluding diaryl/α,β-unsaturated/α-hetero) is 1. The maximum atomic E-state index is 14.1. The number of carbonyl (C=O) groups is 1. The van der Waals surface area contributed by atoms with Gasteiger partial charge in [0, 0.05) is 29.4 Å². The highest BCUT2D eigenvalue weighted by Crippen LogP contribution is 2.47. The quantitative estimate of drug-likeness (QED) is 0.325. The van der Waals surface area contributed by atoms with Crippen LogP contribution in [0.3, 0.4) is 0 Å². The van der Waals surface area contributed by atoms with Crippen molar-refractivity contribution >= 4 is 23.4 Å². The standard InChI is InChI=1S/C28H28FN3O3S/c1-4-35-18-11-9-16(10-12-18)22-23-20(13-28(2,3)14-21(23)33)30-25-24(22)26(34)32-27(31-25)36-15-17-7-5-6-8-19(17)29/h5-12,22H,4,13-15H2,1-3H3,(H2,30,31,32,34)/t22-/m0/s1. The van der Waals surface area contributed by atoms with Crippen LogP contribution in [0.5, 0.6) is 5.75 Å². The molecule has 6 nitrogen and oxygen atoms in total. The van der Waals surface area contributed by atoms with E-state index in [4.69, 9.17) is 9.72 Å². The second kappa shape index (κ2) is 9.58. The molecule has 1 aliphatic carbocycles. The molecule has 0 spiro atoms. The fourth-order valence-electron chi connectivity index (χ4n) is 4.98. The highest BCUT2D eigenvalue weighted by Gasteiger charge is 2.42. The van der Waals surface area contributed by atoms with Crippen LogP contribution >= 0.6 is 11.8 Å². The Bertz CT molecular complexity index is 1410. The number of hydrogen-bond acceptors (Lipinski definition) is 6. The first-order valence-corrected chi connectivity index (χ1v) is 13.0. The van der Waals surface area contributed by atoms with Gasteiger partial charge in [0.2, 0.25) is 0 Å². The van der Waals surface area contributed by atoms with Crippen molar-refractivity contribution in [3.8, 4) is 5.75 Å². The molecule has 3 aromatic rings. The summed E-state index contributed by atoms with van der Waals surface area (Å²) in [6.45, 7) is 6.61. The molecule has 1 aliphatic heterocycles. The van der Waals surface area contributed by atoms with Crippen LogP contribution in [-0.2, 0) is 10.5 Å². The summed E-state index contributed by atoms with van der Waals surface area (Å²) in [7, 11) is 0. The lowest BCUT2D eigenvalue weighted by atomic mass is 9.69. The van der Waals surface area contributed by atoms with Crippen molar-refractivity contribution in [2.24, 2.45) is 5.41 Å². The summed E-state index contributed by atoms with van der Waals surface area (Å²) in [5, 5.41) is 3.72. The fraction of sp³-hybridized carbons (Fsp3) is 0.321. The molecule has 2 aromatic carbocycles. The second-order valence-corrected chi connectivity index (χ2v) is 10.9. The van der Waals surface area contributed by atoms with Crippen LogP contribution in [0.25, 0.3) is 0 Å². The van der Waals surface area contributed by atoms with Gasteiger partial charge in [0.15, 0.2) is 10.9 Å². The molecule has 1 atom stereocenters. The van der Waals surface area contributed by atoms with Crippen LogP contribution in [0.2, 0.25) is 0 Å². The lowest BCUT2D eigenvalue weighted by molar-refractivity contribution is -0.118. The average molecular weight is 506 g/mol. The summed E-state index contributed by atoms with van der Waals surface area (Å²) >= 11 is 1.26. The lowest BCUT2D eigenvalue weighted by Crippen LogP contribution is -2.37. The number of aromatic amines is 1. The minimum atomic E-state index is -0.530. The van der Waals surface area contributed by atoms with Crippen molar-refractivity contribution in [1.29, 1.82) is 0 Å². The van der Waals surface area contributed by atoms with Gasteiger partial charge in [-0.1, -0.05) is 55.9 Å². The third-order valence-electron chi connectivity index (χ3n) is 6.55. The first-order valence-electron chi connectivity index (χ1n) is 12.0. The molecule has 2 N–H and O–H groups in total. The Balaban J connectivity index is 1.57. The average Bonchev–Trinajstić information content (AvgIpc) is 2.82. The summed E-state index contributed by atoms with van der Waals surface area (Å²) in [6, 6.07) is 14.1. The van der Waals surface area contributed by atoms with Crippen LogP contribution in [0, 0.1) is 11.2 Å². The Hall–Kier alpha value is -3.39. The van der Waals surface area contributed by atoms with Gasteiger partial charge in [-0.25, -0.2) is 9.37 Å². The summed E-state index contributed by atoms with van der Waals surface area (Å²) < 4.78 is 19.7. The number of thioether (sulfide) groups is 1. The van der Waals surface area contributed by atoms with Gasteiger partial charge >= 0.3 is 0 Å². The predicted molar refractivity (Wildman–Crippen MR) is 139 cm³/mol. The zero-order valence-corrected chi connectivity index (χ0v) is 21.3. The third-order valence-corrected chi connectivity index (χ3v) is 7.47. The Morgan fingerprint density at radius 1 is 1.11 bits per heavy atom. The van der Waals surface area contributed by atoms with E-state index in [1.165, 1.54) is 17.8 Å². The van der Waals surface area contributed by atoms with Crippen molar-refractivity contribution < 1.29 is 13.9 Å². The van der Waals surface area contributed by atoms with Crippen LogP contribution < -0.4 is 15.6 Å². The number of allylic oxidation sites excluding steroid dienone is 2. The van der Waals surface area contributed by atoms with Crippen molar-refractivity contribution in [3.05, 3.63) is 92.7 Å². The van der Waals surface area contributed by atoms with Crippen LogP contribution in [0.1, 0.15) is 56.2 Å². The lowest BCUT2D eigenvalue weighted by Gasteiger charge is -2.38. The van der Waals surface area contributed by atoms with Crippen molar-refractivity contribution in [3.63, 3.8) is 0 Å². The normalized spacial score (nSPS) is 18.3. The number of aromatic nitrogens is 2. The van der Waals surface area contributed by atoms with E-state index in [-0.39, 0.29) is 22.6 Å². The number of H-pyrrole nitrogens is 1. The monoisotopic (exact) mass is 505 g/mol. The largest absolute Gasteiger partial charge is 0.494 e. The number of hydrogen-bond donors (Lipinski definition) is 2. The molecule has 0 radical (unpaired) electrons. The SMILES string of the molecule is CCOc1ccc([C@H]2C3=C(CC(C)(C)CC3=O)Nc3nc(SCc4ccccc4F)[nH]c(=O)c32)cc1. The van der Waals surface area contributed by atoms with E-state index in [0.717, 1.165) is 17.0 Å². The van der Waals surface area contributed by atoms with E-state index in [1.807, 2.05) is 31.2 Å². The van der Waals surface area contributed by atoms with Crippen molar-refractivity contribution in [2.45, 2.75) is 50.4 Å². The first kappa shape index (κ1) is 24.3. The Morgan fingerprint density at radius 2 is 1.86 bits per heavy atom. The van der Waals surface area contributed by atoms with E-state index in [2.05, 4.69) is 24.1 Å². The van der Waals surface area contributed by atoms with Gasteiger partial charge in [0.1, 0.15) is 17.4 Å². The number of ether oxygens (including phenoxy) is 1. The van der Waals surface area contributed by atoms with Gasteiger partial charge in [0.25, 0.3) is 5.56 Å². The van der Waals surface area contributed by atoms with Crippen LogP contribution in [0.4, 0.5) is 10.2 Å². The van der Waals surface area contributed by atoms with E-state index in [9.17, 15) is 14.0 Å². The molecule has 5 rings (SSSR count).